The van der Waals surface area contributed by atoms with Crippen molar-refractivity contribution in [3.8, 4) is 5.75 Å². The van der Waals surface area contributed by atoms with Crippen LogP contribution in [0.5, 0.6) is 5.75 Å². The number of nitrogens with zero attached hydrogens (tertiary/aromatic N) is 1. The van der Waals surface area contributed by atoms with Crippen LogP contribution in [0.1, 0.15) is 43.9 Å². The molecule has 0 spiro atoms. The van der Waals surface area contributed by atoms with E-state index in [-0.39, 0.29) is 24.8 Å². The zero-order chi connectivity index (χ0) is 26.1. The number of ether oxygens (including phenoxy) is 1. The number of carbonyl (C=O) groups is 2. The topological polar surface area (TPSA) is 58.6 Å². The van der Waals surface area contributed by atoms with Gasteiger partial charge in [-0.05, 0) is 62.1 Å². The standard InChI is InChI=1S/C30H35ClN2O3/c1-30(2,3)32-29(35)27(20-22-11-6-5-7-12-22)33(21-23-13-10-15-25(19-23)36-4)28(34)18-17-24-14-8-9-16-26(24)31/h5-16,19,27H,17-18,20-21H2,1-4H3,(H,32,35). The molecule has 0 saturated heterocycles. The van der Waals surface area contributed by atoms with Gasteiger partial charge in [0.2, 0.25) is 11.8 Å². The van der Waals surface area contributed by atoms with Crippen LogP contribution in [-0.2, 0) is 29.0 Å². The Balaban J connectivity index is 1.95. The van der Waals surface area contributed by atoms with Gasteiger partial charge in [-0.2, -0.15) is 0 Å². The molecule has 6 heteroatoms. The fraction of sp³-hybridized carbons (Fsp3) is 0.333. The predicted molar refractivity (Wildman–Crippen MR) is 145 cm³/mol. The summed E-state index contributed by atoms with van der Waals surface area (Å²) in [6, 6.07) is 24.2. The SMILES string of the molecule is COc1cccc(CN(C(=O)CCc2ccccc2Cl)C(Cc2ccccc2)C(=O)NC(C)(C)C)c1. The van der Waals surface area contributed by atoms with Crippen molar-refractivity contribution in [2.45, 2.75) is 58.2 Å². The second kappa shape index (κ2) is 12.6. The van der Waals surface area contributed by atoms with Crippen LogP contribution in [0.15, 0.2) is 78.9 Å². The average Bonchev–Trinajstić information content (AvgIpc) is 2.85. The van der Waals surface area contributed by atoms with Crippen LogP contribution in [0.25, 0.3) is 0 Å². The van der Waals surface area contributed by atoms with E-state index in [4.69, 9.17) is 16.3 Å². The highest BCUT2D eigenvalue weighted by Crippen LogP contribution is 2.22. The van der Waals surface area contributed by atoms with E-state index >= 15 is 0 Å². The number of nitrogens with one attached hydrogen (secondary N) is 1. The van der Waals surface area contributed by atoms with E-state index in [1.54, 1.807) is 12.0 Å². The van der Waals surface area contributed by atoms with Gasteiger partial charge in [-0.1, -0.05) is 72.3 Å². The second-order valence-corrected chi connectivity index (χ2v) is 10.3. The average molecular weight is 507 g/mol. The number of halogens is 1. The van der Waals surface area contributed by atoms with Crippen LogP contribution in [0.2, 0.25) is 5.02 Å². The van der Waals surface area contributed by atoms with E-state index in [1.807, 2.05) is 99.6 Å². The zero-order valence-electron chi connectivity index (χ0n) is 21.5. The minimum atomic E-state index is -0.684. The molecule has 3 rings (SSSR count). The van der Waals surface area contributed by atoms with Gasteiger partial charge < -0.3 is 15.0 Å². The van der Waals surface area contributed by atoms with Gasteiger partial charge in [0.15, 0.2) is 0 Å². The fourth-order valence-corrected chi connectivity index (χ4v) is 4.29. The Morgan fingerprint density at radius 2 is 1.61 bits per heavy atom. The molecule has 3 aromatic rings. The van der Waals surface area contributed by atoms with Crippen molar-refractivity contribution in [3.05, 3.63) is 101 Å². The second-order valence-electron chi connectivity index (χ2n) is 9.91. The first kappa shape index (κ1) is 27.3. The van der Waals surface area contributed by atoms with Crippen molar-refractivity contribution in [2.24, 2.45) is 0 Å². The lowest BCUT2D eigenvalue weighted by atomic mass is 9.99. The normalized spacial score (nSPS) is 12.0. The summed E-state index contributed by atoms with van der Waals surface area (Å²) in [5.74, 6) is 0.415. The first-order valence-electron chi connectivity index (χ1n) is 12.2. The molecule has 0 aromatic heterocycles. The van der Waals surface area contributed by atoms with Crippen molar-refractivity contribution in [1.82, 2.24) is 10.2 Å². The summed E-state index contributed by atoms with van der Waals surface area (Å²) in [6.45, 7) is 6.11. The summed E-state index contributed by atoms with van der Waals surface area (Å²) >= 11 is 6.34. The van der Waals surface area contributed by atoms with Gasteiger partial charge in [-0.3, -0.25) is 9.59 Å². The monoisotopic (exact) mass is 506 g/mol. The molecule has 0 heterocycles. The number of aryl methyl sites for hydroxylation is 1. The Labute approximate surface area is 219 Å². The van der Waals surface area contributed by atoms with Gasteiger partial charge >= 0.3 is 0 Å². The molecule has 0 bridgehead atoms. The third-order valence-electron chi connectivity index (χ3n) is 5.82. The van der Waals surface area contributed by atoms with Crippen molar-refractivity contribution in [3.63, 3.8) is 0 Å². The van der Waals surface area contributed by atoms with E-state index in [2.05, 4.69) is 5.32 Å². The Kier molecular flexibility index (Phi) is 9.54. The summed E-state index contributed by atoms with van der Waals surface area (Å²) < 4.78 is 5.39. The summed E-state index contributed by atoms with van der Waals surface area (Å²) in [4.78, 5) is 29.1. The molecule has 1 N–H and O–H groups in total. The van der Waals surface area contributed by atoms with Gasteiger partial charge in [0.25, 0.3) is 0 Å². The van der Waals surface area contributed by atoms with Crippen molar-refractivity contribution < 1.29 is 14.3 Å². The number of rotatable bonds is 10. The highest BCUT2D eigenvalue weighted by molar-refractivity contribution is 6.31. The predicted octanol–water partition coefficient (Wildman–Crippen LogP) is 5.84. The maximum Gasteiger partial charge on any atom is 0.243 e. The van der Waals surface area contributed by atoms with Crippen LogP contribution >= 0.6 is 11.6 Å². The van der Waals surface area contributed by atoms with Crippen LogP contribution < -0.4 is 10.1 Å². The fourth-order valence-electron chi connectivity index (χ4n) is 4.06. The molecule has 36 heavy (non-hydrogen) atoms. The molecule has 0 saturated carbocycles. The largest absolute Gasteiger partial charge is 0.497 e. The lowest BCUT2D eigenvalue weighted by Gasteiger charge is -2.34. The first-order valence-corrected chi connectivity index (χ1v) is 12.6. The molecule has 190 valence electrons. The molecule has 0 aliphatic heterocycles. The minimum absolute atomic E-state index is 0.109. The van der Waals surface area contributed by atoms with E-state index < -0.39 is 11.6 Å². The molecule has 0 radical (unpaired) electrons. The highest BCUT2D eigenvalue weighted by Gasteiger charge is 2.32. The van der Waals surface area contributed by atoms with Gasteiger partial charge in [0.1, 0.15) is 11.8 Å². The molecule has 0 aliphatic rings. The minimum Gasteiger partial charge on any atom is -0.497 e. The molecular weight excluding hydrogens is 472 g/mol. The van der Waals surface area contributed by atoms with Gasteiger partial charge in [0.05, 0.1) is 7.11 Å². The first-order chi connectivity index (χ1) is 17.2. The lowest BCUT2D eigenvalue weighted by molar-refractivity contribution is -0.141. The van der Waals surface area contributed by atoms with Crippen LogP contribution in [0.4, 0.5) is 0 Å². The van der Waals surface area contributed by atoms with E-state index in [9.17, 15) is 9.59 Å². The van der Waals surface area contributed by atoms with Crippen molar-refractivity contribution >= 4 is 23.4 Å². The van der Waals surface area contributed by atoms with Crippen molar-refractivity contribution in [1.29, 1.82) is 0 Å². The van der Waals surface area contributed by atoms with Gasteiger partial charge in [-0.25, -0.2) is 0 Å². The highest BCUT2D eigenvalue weighted by atomic mass is 35.5. The molecule has 1 unspecified atom stereocenters. The molecule has 0 fully saturated rings. The molecule has 2 amide bonds. The van der Waals surface area contributed by atoms with Crippen molar-refractivity contribution in [2.75, 3.05) is 7.11 Å². The number of amides is 2. The Morgan fingerprint density at radius 3 is 2.28 bits per heavy atom. The zero-order valence-corrected chi connectivity index (χ0v) is 22.2. The van der Waals surface area contributed by atoms with E-state index in [0.717, 1.165) is 16.7 Å². The van der Waals surface area contributed by atoms with Crippen LogP contribution in [0, 0.1) is 0 Å². The number of methoxy groups -OCH3 is 1. The molecule has 1 atom stereocenters. The Bertz CT molecular complexity index is 1160. The van der Waals surface area contributed by atoms with Crippen LogP contribution in [-0.4, -0.2) is 35.4 Å². The maximum absolute atomic E-state index is 13.8. The molecule has 0 aliphatic carbocycles. The summed E-state index contributed by atoms with van der Waals surface area (Å²) in [6.07, 6.45) is 1.14. The molecule has 5 nitrogen and oxygen atoms in total. The number of carbonyl (C=O) groups excluding carboxylic acids is 2. The Hall–Kier alpha value is -3.31. The number of benzene rings is 3. The quantitative estimate of drug-likeness (QED) is 0.376. The van der Waals surface area contributed by atoms with Gasteiger partial charge in [0, 0.05) is 29.9 Å². The summed E-state index contributed by atoms with van der Waals surface area (Å²) in [5.41, 5.74) is 2.35. The number of hydrogen-bond acceptors (Lipinski definition) is 3. The molecule has 3 aromatic carbocycles. The summed E-state index contributed by atoms with van der Waals surface area (Å²) in [5, 5.41) is 3.72. The number of hydrogen-bond donors (Lipinski definition) is 1. The maximum atomic E-state index is 13.8. The summed E-state index contributed by atoms with van der Waals surface area (Å²) in [7, 11) is 1.61. The third-order valence-corrected chi connectivity index (χ3v) is 6.19. The Morgan fingerprint density at radius 1 is 0.944 bits per heavy atom. The lowest BCUT2D eigenvalue weighted by Crippen LogP contribution is -2.54. The van der Waals surface area contributed by atoms with Gasteiger partial charge in [-0.15, -0.1) is 0 Å². The third kappa shape index (κ3) is 8.13. The smallest absolute Gasteiger partial charge is 0.243 e. The van der Waals surface area contributed by atoms with E-state index in [0.29, 0.717) is 23.6 Å². The van der Waals surface area contributed by atoms with Crippen LogP contribution in [0.3, 0.4) is 0 Å². The van der Waals surface area contributed by atoms with E-state index in [1.165, 1.54) is 0 Å². The molecular formula is C30H35ClN2O3.